The molecule has 0 aliphatic carbocycles. The molecule has 17 heavy (non-hydrogen) atoms. The number of esters is 2. The van der Waals surface area contributed by atoms with Crippen molar-refractivity contribution in [1.82, 2.24) is 0 Å². The van der Waals surface area contributed by atoms with Gasteiger partial charge in [-0.05, 0) is 23.7 Å². The van der Waals surface area contributed by atoms with Gasteiger partial charge in [-0.25, -0.2) is 0 Å². The Balaban J connectivity index is 4.01. The van der Waals surface area contributed by atoms with Crippen LogP contribution in [0, 0.1) is 23.7 Å². The first-order chi connectivity index (χ1) is 7.73. The Morgan fingerprint density at radius 1 is 0.765 bits per heavy atom. The summed E-state index contributed by atoms with van der Waals surface area (Å²) in [5.74, 6) is 0.550. The van der Waals surface area contributed by atoms with Crippen molar-refractivity contribution >= 4 is 11.9 Å². The van der Waals surface area contributed by atoms with E-state index >= 15 is 0 Å². The van der Waals surface area contributed by atoms with Gasteiger partial charge >= 0.3 is 11.9 Å². The number of carbonyl (C=O) groups excluding carboxylic acids is 2. The lowest BCUT2D eigenvalue weighted by molar-refractivity contribution is -0.161. The van der Waals surface area contributed by atoms with Crippen LogP contribution in [-0.2, 0) is 14.3 Å². The van der Waals surface area contributed by atoms with Gasteiger partial charge < -0.3 is 4.74 Å². The fourth-order valence-electron chi connectivity index (χ4n) is 1.21. The lowest BCUT2D eigenvalue weighted by Gasteiger charge is -2.16. The van der Waals surface area contributed by atoms with Crippen molar-refractivity contribution < 1.29 is 14.3 Å². The maximum absolute atomic E-state index is 11.5. The van der Waals surface area contributed by atoms with Crippen molar-refractivity contribution in [2.24, 2.45) is 23.7 Å². The Morgan fingerprint density at radius 2 is 1.06 bits per heavy atom. The Hall–Kier alpha value is -0.860. The zero-order valence-corrected chi connectivity index (χ0v) is 11.9. The predicted molar refractivity (Wildman–Crippen MR) is 68.3 cm³/mol. The highest BCUT2D eigenvalue weighted by atomic mass is 16.6. The first-order valence-corrected chi connectivity index (χ1v) is 6.47. The van der Waals surface area contributed by atoms with Crippen LogP contribution in [0.25, 0.3) is 0 Å². The molecule has 2 atom stereocenters. The number of hydrogen-bond donors (Lipinski definition) is 0. The van der Waals surface area contributed by atoms with E-state index < -0.39 is 11.9 Å². The molecule has 0 heterocycles. The highest BCUT2D eigenvalue weighted by Gasteiger charge is 2.19. The lowest BCUT2D eigenvalue weighted by atomic mass is 9.94. The summed E-state index contributed by atoms with van der Waals surface area (Å²) in [4.78, 5) is 23.0. The van der Waals surface area contributed by atoms with E-state index in [2.05, 4.69) is 27.7 Å². The summed E-state index contributed by atoms with van der Waals surface area (Å²) < 4.78 is 4.81. The summed E-state index contributed by atoms with van der Waals surface area (Å²) in [7, 11) is 0. The molecule has 0 aliphatic rings. The normalized spacial score (nSPS) is 14.8. The third kappa shape index (κ3) is 7.14. The zero-order valence-electron chi connectivity index (χ0n) is 11.9. The molecular formula is C14H26O3. The highest BCUT2D eigenvalue weighted by molar-refractivity contribution is 5.85. The quantitative estimate of drug-likeness (QED) is 0.529. The molecule has 0 fully saturated rings. The van der Waals surface area contributed by atoms with E-state index in [4.69, 9.17) is 4.74 Å². The van der Waals surface area contributed by atoms with E-state index in [9.17, 15) is 9.59 Å². The molecule has 0 N–H and O–H groups in total. The molecule has 0 radical (unpaired) electrons. The average Bonchev–Trinajstić information content (AvgIpc) is 2.16. The fourth-order valence-corrected chi connectivity index (χ4v) is 1.21. The minimum atomic E-state index is -0.396. The molecule has 0 aliphatic heterocycles. The molecule has 3 heteroatoms. The van der Waals surface area contributed by atoms with E-state index in [0.717, 1.165) is 0 Å². The van der Waals surface area contributed by atoms with Crippen LogP contribution >= 0.6 is 0 Å². The molecule has 3 nitrogen and oxygen atoms in total. The van der Waals surface area contributed by atoms with Crippen LogP contribution in [0.2, 0.25) is 0 Å². The Morgan fingerprint density at radius 3 is 1.29 bits per heavy atom. The molecule has 0 aromatic rings. The van der Waals surface area contributed by atoms with Crippen molar-refractivity contribution in [3.05, 3.63) is 0 Å². The summed E-state index contributed by atoms with van der Waals surface area (Å²) in [6.07, 6.45) is 0.638. The Kier molecular flexibility index (Phi) is 7.09. The molecule has 0 saturated carbocycles. The third-order valence-electron chi connectivity index (χ3n) is 3.48. The molecule has 0 aromatic carbocycles. The molecule has 0 spiro atoms. The van der Waals surface area contributed by atoms with Crippen LogP contribution in [-0.4, -0.2) is 11.9 Å². The van der Waals surface area contributed by atoms with Gasteiger partial charge in [0.2, 0.25) is 0 Å². The van der Waals surface area contributed by atoms with Gasteiger partial charge in [-0.1, -0.05) is 41.5 Å². The van der Waals surface area contributed by atoms with Crippen LogP contribution in [0.4, 0.5) is 0 Å². The van der Waals surface area contributed by atoms with Gasteiger partial charge in [-0.2, -0.15) is 0 Å². The zero-order chi connectivity index (χ0) is 13.6. The van der Waals surface area contributed by atoms with Crippen molar-refractivity contribution in [3.8, 4) is 0 Å². The molecule has 0 rings (SSSR count). The molecule has 0 amide bonds. The third-order valence-corrected chi connectivity index (χ3v) is 3.48. The summed E-state index contributed by atoms with van der Waals surface area (Å²) in [5, 5.41) is 0. The number of hydrogen-bond acceptors (Lipinski definition) is 3. The van der Waals surface area contributed by atoms with E-state index in [0.29, 0.717) is 24.7 Å². The SMILES string of the molecule is CC(C)C(C)CC(=O)OC(=O)CC(C)C(C)C. The van der Waals surface area contributed by atoms with E-state index in [-0.39, 0.29) is 11.8 Å². The van der Waals surface area contributed by atoms with Gasteiger partial charge in [-0.15, -0.1) is 0 Å². The van der Waals surface area contributed by atoms with Crippen LogP contribution in [0.15, 0.2) is 0 Å². The molecule has 2 unspecified atom stereocenters. The second kappa shape index (κ2) is 7.46. The molecule has 0 bridgehead atoms. The van der Waals surface area contributed by atoms with Crippen molar-refractivity contribution in [1.29, 1.82) is 0 Å². The standard InChI is InChI=1S/C14H26O3/c1-9(2)11(5)7-13(15)17-14(16)8-12(6)10(3)4/h9-12H,7-8H2,1-6H3. The largest absolute Gasteiger partial charge is 0.393 e. The van der Waals surface area contributed by atoms with Crippen LogP contribution < -0.4 is 0 Å². The maximum Gasteiger partial charge on any atom is 0.313 e. The first-order valence-electron chi connectivity index (χ1n) is 6.47. The first kappa shape index (κ1) is 16.1. The summed E-state index contributed by atoms with van der Waals surface area (Å²) in [5.41, 5.74) is 0. The molecule has 100 valence electrons. The molecule has 0 saturated heterocycles. The van der Waals surface area contributed by atoms with Gasteiger partial charge in [-0.3, -0.25) is 9.59 Å². The lowest BCUT2D eigenvalue weighted by Crippen LogP contribution is -2.20. The smallest absolute Gasteiger partial charge is 0.313 e. The van der Waals surface area contributed by atoms with E-state index in [1.807, 2.05) is 13.8 Å². The fraction of sp³-hybridized carbons (Fsp3) is 0.857. The minimum absolute atomic E-state index is 0.248. The van der Waals surface area contributed by atoms with E-state index in [1.165, 1.54) is 0 Å². The topological polar surface area (TPSA) is 43.4 Å². The van der Waals surface area contributed by atoms with Gasteiger partial charge in [0, 0.05) is 12.8 Å². The van der Waals surface area contributed by atoms with Gasteiger partial charge in [0.25, 0.3) is 0 Å². The number of ether oxygens (including phenoxy) is 1. The second-order valence-corrected chi connectivity index (χ2v) is 5.70. The Labute approximate surface area is 105 Å². The average molecular weight is 242 g/mol. The summed E-state index contributed by atoms with van der Waals surface area (Å²) in [6.45, 7) is 12.2. The van der Waals surface area contributed by atoms with Crippen molar-refractivity contribution in [3.63, 3.8) is 0 Å². The summed E-state index contributed by atoms with van der Waals surface area (Å²) >= 11 is 0. The summed E-state index contributed by atoms with van der Waals surface area (Å²) in [6, 6.07) is 0. The van der Waals surface area contributed by atoms with Crippen LogP contribution in [0.1, 0.15) is 54.4 Å². The van der Waals surface area contributed by atoms with Gasteiger partial charge in [0.05, 0.1) is 0 Å². The number of rotatable bonds is 6. The molecule has 0 aromatic heterocycles. The highest BCUT2D eigenvalue weighted by Crippen LogP contribution is 2.17. The maximum atomic E-state index is 11.5. The molecular weight excluding hydrogens is 216 g/mol. The van der Waals surface area contributed by atoms with Crippen molar-refractivity contribution in [2.75, 3.05) is 0 Å². The van der Waals surface area contributed by atoms with Crippen molar-refractivity contribution in [2.45, 2.75) is 54.4 Å². The Bertz CT molecular complexity index is 230. The second-order valence-electron chi connectivity index (χ2n) is 5.70. The van der Waals surface area contributed by atoms with Crippen LogP contribution in [0.5, 0.6) is 0 Å². The monoisotopic (exact) mass is 242 g/mol. The van der Waals surface area contributed by atoms with E-state index in [1.54, 1.807) is 0 Å². The van der Waals surface area contributed by atoms with Gasteiger partial charge in [0.1, 0.15) is 0 Å². The number of carbonyl (C=O) groups is 2. The predicted octanol–water partition coefficient (Wildman–Crippen LogP) is 3.42. The van der Waals surface area contributed by atoms with Crippen LogP contribution in [0.3, 0.4) is 0 Å². The minimum Gasteiger partial charge on any atom is -0.393 e. The van der Waals surface area contributed by atoms with Gasteiger partial charge in [0.15, 0.2) is 0 Å².